The van der Waals surface area contributed by atoms with E-state index < -0.39 is 53.8 Å². The summed E-state index contributed by atoms with van der Waals surface area (Å²) >= 11 is 0. The summed E-state index contributed by atoms with van der Waals surface area (Å²) in [5, 5.41) is 0. The second-order valence-corrected chi connectivity index (χ2v) is 12.1. The molecule has 0 radical (unpaired) electrons. The highest BCUT2D eigenvalue weighted by Crippen LogP contribution is 2.73. The van der Waals surface area contributed by atoms with Crippen LogP contribution >= 0.6 is 0 Å². The van der Waals surface area contributed by atoms with Crippen LogP contribution < -0.4 is 0 Å². The molecule has 202 valence electrons. The molecule has 0 bridgehead atoms. The standard InChI is InChI=1S/C27H40O9/c1-14(28)33-18-13-27-19(26(6)12-8-11-25(4,5)21(18)26)10-9-17(22(31)32-7)20(27)23(34-15(2)29)36-24(27)35-16(3)30/h17-21,23-24H,8-13H2,1-7H3. The van der Waals surface area contributed by atoms with Gasteiger partial charge in [-0.1, -0.05) is 27.2 Å². The lowest BCUT2D eigenvalue weighted by molar-refractivity contribution is -0.268. The Morgan fingerprint density at radius 3 is 2.08 bits per heavy atom. The maximum atomic E-state index is 13.1. The molecule has 9 heteroatoms. The molecule has 0 aromatic heterocycles. The zero-order valence-electron chi connectivity index (χ0n) is 22.5. The minimum Gasteiger partial charge on any atom is -0.469 e. The Labute approximate surface area is 212 Å². The largest absolute Gasteiger partial charge is 0.469 e. The maximum Gasteiger partial charge on any atom is 0.309 e. The van der Waals surface area contributed by atoms with E-state index in [1.54, 1.807) is 0 Å². The molecule has 1 saturated heterocycles. The maximum absolute atomic E-state index is 13.1. The Hall–Kier alpha value is -2.16. The third-order valence-electron chi connectivity index (χ3n) is 9.65. The normalized spacial score (nSPS) is 42.7. The molecule has 1 spiro atoms. The number of hydrogen-bond acceptors (Lipinski definition) is 9. The summed E-state index contributed by atoms with van der Waals surface area (Å²) in [6.45, 7) is 10.7. The molecule has 0 aromatic rings. The van der Waals surface area contributed by atoms with Gasteiger partial charge in [0, 0.05) is 38.0 Å². The van der Waals surface area contributed by atoms with E-state index >= 15 is 0 Å². The van der Waals surface area contributed by atoms with Crippen molar-refractivity contribution in [2.75, 3.05) is 7.11 Å². The molecule has 4 rings (SSSR count). The number of fused-ring (bicyclic) bond motifs is 2. The van der Waals surface area contributed by atoms with E-state index in [0.29, 0.717) is 19.3 Å². The molecule has 0 amide bonds. The first-order valence-electron chi connectivity index (χ1n) is 13.0. The van der Waals surface area contributed by atoms with E-state index in [1.807, 2.05) is 0 Å². The van der Waals surface area contributed by atoms with E-state index in [-0.39, 0.29) is 28.6 Å². The van der Waals surface area contributed by atoms with Crippen molar-refractivity contribution in [3.8, 4) is 0 Å². The van der Waals surface area contributed by atoms with Gasteiger partial charge in [0.2, 0.25) is 12.6 Å². The summed E-state index contributed by atoms with van der Waals surface area (Å²) in [4.78, 5) is 49.8. The summed E-state index contributed by atoms with van der Waals surface area (Å²) in [6.07, 6.45) is 1.89. The molecule has 4 fully saturated rings. The van der Waals surface area contributed by atoms with Crippen LogP contribution in [0.1, 0.15) is 80.1 Å². The van der Waals surface area contributed by atoms with Crippen LogP contribution in [0, 0.1) is 39.9 Å². The number of hydrogen-bond donors (Lipinski definition) is 0. The summed E-state index contributed by atoms with van der Waals surface area (Å²) < 4.78 is 28.8. The van der Waals surface area contributed by atoms with E-state index in [2.05, 4.69) is 20.8 Å². The van der Waals surface area contributed by atoms with Crippen LogP contribution in [-0.4, -0.2) is 49.7 Å². The van der Waals surface area contributed by atoms with E-state index in [9.17, 15) is 19.2 Å². The van der Waals surface area contributed by atoms with Gasteiger partial charge in [-0.15, -0.1) is 0 Å². The average Bonchev–Trinajstić information content (AvgIpc) is 3.02. The van der Waals surface area contributed by atoms with Crippen LogP contribution in [0.2, 0.25) is 0 Å². The first-order valence-corrected chi connectivity index (χ1v) is 13.0. The number of carbonyl (C=O) groups is 4. The molecule has 0 N–H and O–H groups in total. The van der Waals surface area contributed by atoms with Gasteiger partial charge in [0.15, 0.2) is 0 Å². The van der Waals surface area contributed by atoms with Gasteiger partial charge < -0.3 is 23.7 Å². The lowest BCUT2D eigenvalue weighted by atomic mass is 9.37. The summed E-state index contributed by atoms with van der Waals surface area (Å²) in [5.74, 6) is -3.06. The third kappa shape index (κ3) is 4.11. The Kier molecular flexibility index (Phi) is 6.94. The number of carbonyl (C=O) groups excluding carboxylic acids is 4. The van der Waals surface area contributed by atoms with Crippen molar-refractivity contribution in [2.45, 2.75) is 98.8 Å². The molecule has 3 saturated carbocycles. The van der Waals surface area contributed by atoms with Gasteiger partial charge >= 0.3 is 23.9 Å². The van der Waals surface area contributed by atoms with Crippen LogP contribution in [0.15, 0.2) is 0 Å². The predicted octanol–water partition coefficient (Wildman–Crippen LogP) is 3.76. The topological polar surface area (TPSA) is 114 Å². The van der Waals surface area contributed by atoms with Crippen molar-refractivity contribution in [3.05, 3.63) is 0 Å². The van der Waals surface area contributed by atoms with Gasteiger partial charge in [0.05, 0.1) is 13.0 Å². The highest BCUT2D eigenvalue weighted by atomic mass is 16.8. The molecule has 4 aliphatic rings. The SMILES string of the molecule is COC(=O)C1CCC2C3(C)CCCC(C)(C)C3C(OC(C)=O)CC23C(OC(C)=O)OC(OC(C)=O)C13. The van der Waals surface area contributed by atoms with Gasteiger partial charge in [-0.05, 0) is 48.9 Å². The molecule has 9 atom stereocenters. The van der Waals surface area contributed by atoms with E-state index in [0.717, 1.165) is 19.3 Å². The van der Waals surface area contributed by atoms with Crippen molar-refractivity contribution in [1.29, 1.82) is 0 Å². The summed E-state index contributed by atoms with van der Waals surface area (Å²) in [7, 11) is 1.34. The van der Waals surface area contributed by atoms with Crippen LogP contribution in [-0.2, 0) is 42.9 Å². The van der Waals surface area contributed by atoms with Gasteiger partial charge in [0.25, 0.3) is 0 Å². The highest BCUT2D eigenvalue weighted by molar-refractivity contribution is 5.73. The fraction of sp³-hybridized carbons (Fsp3) is 0.852. The third-order valence-corrected chi connectivity index (χ3v) is 9.65. The molecule has 9 unspecified atom stereocenters. The average molecular weight is 509 g/mol. The summed E-state index contributed by atoms with van der Waals surface area (Å²) in [5.41, 5.74) is -1.27. The molecule has 0 aromatic carbocycles. The Morgan fingerprint density at radius 1 is 0.861 bits per heavy atom. The fourth-order valence-electron chi connectivity index (χ4n) is 9.02. The fourth-order valence-corrected chi connectivity index (χ4v) is 9.02. The molecule has 36 heavy (non-hydrogen) atoms. The molecule has 1 heterocycles. The van der Waals surface area contributed by atoms with Gasteiger partial charge in [0.1, 0.15) is 6.10 Å². The van der Waals surface area contributed by atoms with E-state index in [1.165, 1.54) is 27.9 Å². The summed E-state index contributed by atoms with van der Waals surface area (Å²) in [6, 6.07) is 0. The Balaban J connectivity index is 1.93. The van der Waals surface area contributed by atoms with Crippen LogP contribution in [0.25, 0.3) is 0 Å². The molecule has 1 aliphatic heterocycles. The van der Waals surface area contributed by atoms with Crippen molar-refractivity contribution in [2.24, 2.45) is 39.9 Å². The Bertz CT molecular complexity index is 928. The number of esters is 4. The number of ether oxygens (including phenoxy) is 5. The van der Waals surface area contributed by atoms with Crippen LogP contribution in [0.4, 0.5) is 0 Å². The first-order chi connectivity index (χ1) is 16.8. The second-order valence-electron chi connectivity index (χ2n) is 12.1. The second kappa shape index (κ2) is 9.30. The van der Waals surface area contributed by atoms with Gasteiger partial charge in [-0.3, -0.25) is 19.2 Å². The van der Waals surface area contributed by atoms with Crippen LogP contribution in [0.5, 0.6) is 0 Å². The molecular weight excluding hydrogens is 468 g/mol. The smallest absolute Gasteiger partial charge is 0.309 e. The lowest BCUT2D eigenvalue weighted by Gasteiger charge is -2.67. The minimum atomic E-state index is -1.09. The Morgan fingerprint density at radius 2 is 1.50 bits per heavy atom. The van der Waals surface area contributed by atoms with Crippen molar-refractivity contribution in [3.63, 3.8) is 0 Å². The van der Waals surface area contributed by atoms with Gasteiger partial charge in [-0.2, -0.15) is 0 Å². The van der Waals surface area contributed by atoms with Crippen molar-refractivity contribution < 1.29 is 42.9 Å². The predicted molar refractivity (Wildman–Crippen MR) is 126 cm³/mol. The first kappa shape index (κ1) is 26.9. The zero-order chi connectivity index (χ0) is 26.6. The van der Waals surface area contributed by atoms with Crippen LogP contribution in [0.3, 0.4) is 0 Å². The van der Waals surface area contributed by atoms with E-state index in [4.69, 9.17) is 23.7 Å². The van der Waals surface area contributed by atoms with Crippen molar-refractivity contribution in [1.82, 2.24) is 0 Å². The lowest BCUT2D eigenvalue weighted by Crippen LogP contribution is -2.67. The highest BCUT2D eigenvalue weighted by Gasteiger charge is 2.75. The molecule has 3 aliphatic carbocycles. The molecular formula is C27H40O9. The monoisotopic (exact) mass is 508 g/mol. The number of methoxy groups -OCH3 is 1. The van der Waals surface area contributed by atoms with Gasteiger partial charge in [-0.25, -0.2) is 0 Å². The minimum absolute atomic E-state index is 0.0165. The molecule has 9 nitrogen and oxygen atoms in total. The van der Waals surface area contributed by atoms with Crippen molar-refractivity contribution >= 4 is 23.9 Å². The zero-order valence-corrected chi connectivity index (χ0v) is 22.5. The number of rotatable bonds is 4. The quantitative estimate of drug-likeness (QED) is 0.413.